The number of hydrogen-bond donors (Lipinski definition) is 0. The quantitative estimate of drug-likeness (QED) is 0.742. The van der Waals surface area contributed by atoms with Crippen molar-refractivity contribution in [1.82, 2.24) is 4.57 Å². The first-order chi connectivity index (χ1) is 10.7. The van der Waals surface area contributed by atoms with Crippen LogP contribution in [-0.2, 0) is 6.54 Å². The second kappa shape index (κ2) is 5.93. The van der Waals surface area contributed by atoms with Gasteiger partial charge in [0.2, 0.25) is 0 Å². The normalized spacial score (nSPS) is 10.6. The summed E-state index contributed by atoms with van der Waals surface area (Å²) < 4.78 is 12.3. The SMILES string of the molecule is COc1ccc(Cn2ccc3ccccc3c2=O)c(OC)c1. The Bertz CT molecular complexity index is 868. The molecule has 3 rings (SSSR count). The van der Waals surface area contributed by atoms with Gasteiger partial charge in [-0.2, -0.15) is 0 Å². The van der Waals surface area contributed by atoms with Gasteiger partial charge in [-0.05, 0) is 29.7 Å². The highest BCUT2D eigenvalue weighted by atomic mass is 16.5. The summed E-state index contributed by atoms with van der Waals surface area (Å²) in [6.07, 6.45) is 1.81. The maximum atomic E-state index is 12.6. The van der Waals surface area contributed by atoms with Gasteiger partial charge in [-0.15, -0.1) is 0 Å². The summed E-state index contributed by atoms with van der Waals surface area (Å²) in [5.74, 6) is 1.44. The second-order valence-corrected chi connectivity index (χ2v) is 5.01. The van der Waals surface area contributed by atoms with Crippen LogP contribution < -0.4 is 15.0 Å². The molecule has 0 fully saturated rings. The van der Waals surface area contributed by atoms with Gasteiger partial charge < -0.3 is 14.0 Å². The van der Waals surface area contributed by atoms with Crippen LogP contribution in [0.4, 0.5) is 0 Å². The Hall–Kier alpha value is -2.75. The summed E-state index contributed by atoms with van der Waals surface area (Å²) in [6.45, 7) is 0.455. The number of rotatable bonds is 4. The van der Waals surface area contributed by atoms with Crippen molar-refractivity contribution < 1.29 is 9.47 Å². The Morgan fingerprint density at radius 2 is 1.82 bits per heavy atom. The van der Waals surface area contributed by atoms with Crippen molar-refractivity contribution in [3.05, 3.63) is 70.6 Å². The van der Waals surface area contributed by atoms with Crippen molar-refractivity contribution >= 4 is 10.8 Å². The number of nitrogens with zero attached hydrogens (tertiary/aromatic N) is 1. The standard InChI is InChI=1S/C18H17NO3/c1-21-15-8-7-14(17(11-15)22-2)12-19-10-9-13-5-3-4-6-16(13)18(19)20/h3-11H,12H2,1-2H3. The first-order valence-electron chi connectivity index (χ1n) is 7.02. The number of hydrogen-bond acceptors (Lipinski definition) is 3. The minimum Gasteiger partial charge on any atom is -0.497 e. The fraction of sp³-hybridized carbons (Fsp3) is 0.167. The van der Waals surface area contributed by atoms with E-state index in [4.69, 9.17) is 9.47 Å². The van der Waals surface area contributed by atoms with Gasteiger partial charge in [0.15, 0.2) is 0 Å². The molecule has 0 N–H and O–H groups in total. The molecule has 0 amide bonds. The monoisotopic (exact) mass is 295 g/mol. The zero-order valence-corrected chi connectivity index (χ0v) is 12.6. The Morgan fingerprint density at radius 1 is 1.00 bits per heavy atom. The van der Waals surface area contributed by atoms with Gasteiger partial charge in [0.05, 0.1) is 20.8 Å². The molecule has 2 aromatic carbocycles. The molecule has 0 aliphatic carbocycles. The number of methoxy groups -OCH3 is 2. The largest absolute Gasteiger partial charge is 0.497 e. The third kappa shape index (κ3) is 2.55. The number of ether oxygens (including phenoxy) is 2. The molecule has 0 saturated heterocycles. The molecule has 0 atom stereocenters. The topological polar surface area (TPSA) is 40.5 Å². The van der Waals surface area contributed by atoms with Crippen molar-refractivity contribution in [2.45, 2.75) is 6.54 Å². The summed E-state index contributed by atoms with van der Waals surface area (Å²) >= 11 is 0. The lowest BCUT2D eigenvalue weighted by molar-refractivity contribution is 0.390. The van der Waals surface area contributed by atoms with E-state index in [-0.39, 0.29) is 5.56 Å². The molecule has 0 saturated carbocycles. The van der Waals surface area contributed by atoms with Gasteiger partial charge in [-0.1, -0.05) is 18.2 Å². The first kappa shape index (κ1) is 14.2. The summed E-state index contributed by atoms with van der Waals surface area (Å²) in [4.78, 5) is 12.6. The first-order valence-corrected chi connectivity index (χ1v) is 7.02. The van der Waals surface area contributed by atoms with Crippen molar-refractivity contribution in [2.75, 3.05) is 14.2 Å². The van der Waals surface area contributed by atoms with Gasteiger partial charge >= 0.3 is 0 Å². The molecule has 1 aromatic heterocycles. The van der Waals surface area contributed by atoms with E-state index in [9.17, 15) is 4.79 Å². The van der Waals surface area contributed by atoms with Gasteiger partial charge in [0.25, 0.3) is 5.56 Å². The highest BCUT2D eigenvalue weighted by Gasteiger charge is 2.08. The third-order valence-corrected chi connectivity index (χ3v) is 3.72. The summed E-state index contributed by atoms with van der Waals surface area (Å²) in [7, 11) is 3.23. The van der Waals surface area contributed by atoms with Crippen LogP contribution in [0.2, 0.25) is 0 Å². The zero-order valence-electron chi connectivity index (χ0n) is 12.6. The molecule has 112 valence electrons. The molecular weight excluding hydrogens is 278 g/mol. The Morgan fingerprint density at radius 3 is 2.59 bits per heavy atom. The highest BCUT2D eigenvalue weighted by molar-refractivity contribution is 5.81. The second-order valence-electron chi connectivity index (χ2n) is 5.01. The van der Waals surface area contributed by atoms with Crippen molar-refractivity contribution in [3.63, 3.8) is 0 Å². The Balaban J connectivity index is 2.03. The van der Waals surface area contributed by atoms with Crippen LogP contribution in [0.25, 0.3) is 10.8 Å². The minimum atomic E-state index is -0.00373. The Labute approximate surface area is 128 Å². The molecule has 4 heteroatoms. The van der Waals surface area contributed by atoms with Crippen LogP contribution >= 0.6 is 0 Å². The van der Waals surface area contributed by atoms with E-state index in [1.807, 2.05) is 54.7 Å². The van der Waals surface area contributed by atoms with E-state index in [1.165, 1.54) is 0 Å². The average molecular weight is 295 g/mol. The average Bonchev–Trinajstić information content (AvgIpc) is 2.58. The van der Waals surface area contributed by atoms with Crippen LogP contribution in [0.1, 0.15) is 5.56 Å². The number of pyridine rings is 1. The molecule has 22 heavy (non-hydrogen) atoms. The Kier molecular flexibility index (Phi) is 3.83. The predicted octanol–water partition coefficient (Wildman–Crippen LogP) is 3.07. The molecule has 0 aliphatic heterocycles. The van der Waals surface area contributed by atoms with Crippen molar-refractivity contribution in [1.29, 1.82) is 0 Å². The fourth-order valence-corrected chi connectivity index (χ4v) is 2.52. The maximum Gasteiger partial charge on any atom is 0.258 e. The van der Waals surface area contributed by atoms with E-state index < -0.39 is 0 Å². The summed E-state index contributed by atoms with van der Waals surface area (Å²) in [6, 6.07) is 15.1. The lowest BCUT2D eigenvalue weighted by atomic mass is 10.1. The van der Waals surface area contributed by atoms with Gasteiger partial charge in [0, 0.05) is 23.2 Å². The number of benzene rings is 2. The maximum absolute atomic E-state index is 12.6. The summed E-state index contributed by atoms with van der Waals surface area (Å²) in [5, 5.41) is 1.67. The number of aromatic nitrogens is 1. The molecule has 0 aliphatic rings. The molecule has 4 nitrogen and oxygen atoms in total. The van der Waals surface area contributed by atoms with E-state index >= 15 is 0 Å². The molecule has 0 radical (unpaired) electrons. The zero-order chi connectivity index (χ0) is 15.5. The lowest BCUT2D eigenvalue weighted by Crippen LogP contribution is -2.20. The number of fused-ring (bicyclic) bond motifs is 1. The lowest BCUT2D eigenvalue weighted by Gasteiger charge is -2.12. The van der Waals surface area contributed by atoms with Crippen LogP contribution in [0.15, 0.2) is 59.5 Å². The van der Waals surface area contributed by atoms with E-state index in [1.54, 1.807) is 18.8 Å². The van der Waals surface area contributed by atoms with Crippen LogP contribution in [0, 0.1) is 0 Å². The fourth-order valence-electron chi connectivity index (χ4n) is 2.52. The molecule has 1 heterocycles. The highest BCUT2D eigenvalue weighted by Crippen LogP contribution is 2.25. The molecule has 0 bridgehead atoms. The molecular formula is C18H17NO3. The van der Waals surface area contributed by atoms with E-state index in [0.717, 1.165) is 22.1 Å². The van der Waals surface area contributed by atoms with E-state index in [0.29, 0.717) is 12.3 Å². The van der Waals surface area contributed by atoms with Gasteiger partial charge in [-0.3, -0.25) is 4.79 Å². The van der Waals surface area contributed by atoms with Crippen LogP contribution in [-0.4, -0.2) is 18.8 Å². The smallest absolute Gasteiger partial charge is 0.258 e. The molecule has 0 unspecified atom stereocenters. The predicted molar refractivity (Wildman–Crippen MR) is 86.9 cm³/mol. The van der Waals surface area contributed by atoms with E-state index in [2.05, 4.69) is 0 Å². The van der Waals surface area contributed by atoms with Crippen LogP contribution in [0.3, 0.4) is 0 Å². The van der Waals surface area contributed by atoms with Gasteiger partial charge in [-0.25, -0.2) is 0 Å². The van der Waals surface area contributed by atoms with Crippen molar-refractivity contribution in [3.8, 4) is 11.5 Å². The molecule has 3 aromatic rings. The molecule has 0 spiro atoms. The van der Waals surface area contributed by atoms with Crippen molar-refractivity contribution in [2.24, 2.45) is 0 Å². The van der Waals surface area contributed by atoms with Crippen LogP contribution in [0.5, 0.6) is 11.5 Å². The third-order valence-electron chi connectivity index (χ3n) is 3.72. The summed E-state index contributed by atoms with van der Waals surface area (Å²) in [5.41, 5.74) is 0.927. The minimum absolute atomic E-state index is 0.00373. The van der Waals surface area contributed by atoms with Gasteiger partial charge in [0.1, 0.15) is 11.5 Å².